The summed E-state index contributed by atoms with van der Waals surface area (Å²) in [6.45, 7) is 53.5. The molecule has 12 bridgehead atoms. The smallest absolute Gasteiger partial charge is 0.347 e. The number of esters is 10. The lowest BCUT2D eigenvalue weighted by Crippen LogP contribution is -2.58. The molecule has 3 heterocycles. The van der Waals surface area contributed by atoms with Crippen LogP contribution in [-0.4, -0.2) is 123 Å². The van der Waals surface area contributed by atoms with Crippen LogP contribution in [0.15, 0.2) is 0 Å². The van der Waals surface area contributed by atoms with Crippen molar-refractivity contribution in [1.29, 1.82) is 0 Å². The van der Waals surface area contributed by atoms with E-state index in [0.29, 0.717) is 56.7 Å². The van der Waals surface area contributed by atoms with Crippen molar-refractivity contribution >= 4 is 59.7 Å². The Kier molecular flexibility index (Phi) is 37.8. The van der Waals surface area contributed by atoms with E-state index in [-0.39, 0.29) is 106 Å². The van der Waals surface area contributed by atoms with Crippen molar-refractivity contribution in [3.05, 3.63) is 0 Å². The fourth-order valence-electron chi connectivity index (χ4n) is 21.3. The van der Waals surface area contributed by atoms with Crippen LogP contribution in [0.2, 0.25) is 0 Å². The van der Waals surface area contributed by atoms with Gasteiger partial charge in [0.2, 0.25) is 6.10 Å². The zero-order valence-electron chi connectivity index (χ0n) is 76.4. The van der Waals surface area contributed by atoms with Crippen molar-refractivity contribution in [1.82, 2.24) is 0 Å². The van der Waals surface area contributed by atoms with Gasteiger partial charge in [0.25, 0.3) is 0 Å². The summed E-state index contributed by atoms with van der Waals surface area (Å²) in [5, 5.41) is 0. The SMILES string of the molecule is CC1C(=O)OC(=O)C1C.CC1C(=O)OC(=O)C1C.CC1C(C)C2CC1C1C3CCC(C3)C21.CC1C2CCC(C2)C1C.CCC(C)C(=O)OC(C)(C)CC.CCC(C)C(=O)OC1(C)C2CC3CC(C2)CC1C3.CCC(C)C(=O)OC1CC2CCC1(C)C2(C)C.CCC(C)C(=O)OC1CCOC1=O.CCC(C)C(=O)OCCOCCOC. The molecule has 20 heteroatoms. The lowest BCUT2D eigenvalue weighted by atomic mass is 9.50. The second-order valence-electron chi connectivity index (χ2n) is 39.6. The third-order valence-corrected chi connectivity index (χ3v) is 32.4. The van der Waals surface area contributed by atoms with Crippen molar-refractivity contribution in [2.75, 3.05) is 40.1 Å². The average molecular weight is 1620 g/mol. The molecule has 12 saturated carbocycles. The minimum atomic E-state index is -0.665. The van der Waals surface area contributed by atoms with Gasteiger partial charge in [-0.15, -0.1) is 0 Å². The maximum absolute atomic E-state index is 12.1. The highest BCUT2D eigenvalue weighted by Gasteiger charge is 2.65. The molecular weight excluding hydrogens is 1460 g/mol. The van der Waals surface area contributed by atoms with Gasteiger partial charge in [-0.2, -0.15) is 0 Å². The second-order valence-corrected chi connectivity index (χ2v) is 39.6. The number of carbonyl (C=O) groups is 10. The largest absolute Gasteiger partial charge is 0.463 e. The number of hydrogen-bond acceptors (Lipinski definition) is 20. The van der Waals surface area contributed by atoms with Gasteiger partial charge in [0.05, 0.1) is 79.7 Å². The summed E-state index contributed by atoms with van der Waals surface area (Å²) < 4.78 is 50.3. The molecule has 0 radical (unpaired) electrons. The number of cyclic esters (lactones) is 5. The third kappa shape index (κ3) is 24.7. The predicted molar refractivity (Wildman–Crippen MR) is 443 cm³/mol. The molecule has 15 rings (SSSR count). The number of rotatable bonds is 21. The molecule has 25 atom stereocenters. The molecule has 0 aromatic rings. The summed E-state index contributed by atoms with van der Waals surface area (Å²) in [4.78, 5) is 111. The van der Waals surface area contributed by atoms with Gasteiger partial charge < -0.3 is 47.4 Å². The number of carbonyl (C=O) groups excluding carboxylic acids is 10. The van der Waals surface area contributed by atoms with E-state index in [1.54, 1.807) is 73.8 Å². The Balaban J connectivity index is 0.000000203. The summed E-state index contributed by atoms with van der Waals surface area (Å²) in [5.41, 5.74) is 0.0721. The normalized spacial score (nSPS) is 37.3. The average Bonchev–Trinajstić information content (AvgIpc) is 1.59. The highest BCUT2D eigenvalue weighted by atomic mass is 16.6. The highest BCUT2D eigenvalue weighted by Crippen LogP contribution is 2.70. The molecule has 660 valence electrons. The molecule has 3 aliphatic heterocycles. The van der Waals surface area contributed by atoms with E-state index < -0.39 is 36.0 Å². The van der Waals surface area contributed by atoms with Crippen LogP contribution in [0.25, 0.3) is 0 Å². The van der Waals surface area contributed by atoms with Gasteiger partial charge in [0, 0.05) is 18.9 Å². The van der Waals surface area contributed by atoms with Crippen molar-refractivity contribution < 1.29 is 95.3 Å². The van der Waals surface area contributed by atoms with Crippen molar-refractivity contribution in [2.24, 2.45) is 165 Å². The Bertz CT molecular complexity index is 3030. The first-order valence-electron chi connectivity index (χ1n) is 45.7. The van der Waals surface area contributed by atoms with Gasteiger partial charge in [-0.1, -0.05) is 152 Å². The topological polar surface area (TPSA) is 263 Å². The Morgan fingerprint density at radius 2 is 0.852 bits per heavy atom. The zero-order valence-corrected chi connectivity index (χ0v) is 76.4. The Morgan fingerprint density at radius 1 is 0.443 bits per heavy atom. The molecule has 0 spiro atoms. The van der Waals surface area contributed by atoms with Gasteiger partial charge in [-0.05, 0) is 262 Å². The monoisotopic (exact) mass is 1620 g/mol. The van der Waals surface area contributed by atoms with Crippen LogP contribution in [0.1, 0.15) is 314 Å². The summed E-state index contributed by atoms with van der Waals surface area (Å²) >= 11 is 0. The summed E-state index contributed by atoms with van der Waals surface area (Å²) in [6, 6.07) is 0. The molecule has 0 aromatic heterocycles. The fraction of sp³-hybridized carbons (Fsp3) is 0.895. The van der Waals surface area contributed by atoms with E-state index in [4.69, 9.17) is 33.2 Å². The number of hydrogen-bond donors (Lipinski definition) is 0. The molecule has 115 heavy (non-hydrogen) atoms. The van der Waals surface area contributed by atoms with Crippen LogP contribution in [0.4, 0.5) is 0 Å². The summed E-state index contributed by atoms with van der Waals surface area (Å²) in [6.07, 6.45) is 26.3. The molecule has 12 aliphatic carbocycles. The minimum absolute atomic E-state index is 0.00192. The van der Waals surface area contributed by atoms with Crippen molar-refractivity contribution in [3.8, 4) is 0 Å². The maximum atomic E-state index is 12.1. The van der Waals surface area contributed by atoms with Crippen LogP contribution in [0, 0.1) is 165 Å². The molecular formula is C95H160O20. The van der Waals surface area contributed by atoms with E-state index in [9.17, 15) is 47.9 Å². The Morgan fingerprint density at radius 3 is 1.22 bits per heavy atom. The Labute approximate surface area is 694 Å². The number of methoxy groups -OCH3 is 1. The Hall–Kier alpha value is -4.98. The lowest BCUT2D eigenvalue weighted by Gasteiger charge is -2.59. The van der Waals surface area contributed by atoms with Gasteiger partial charge >= 0.3 is 59.7 Å². The lowest BCUT2D eigenvalue weighted by molar-refractivity contribution is -0.206. The molecule has 0 amide bonds. The van der Waals surface area contributed by atoms with Crippen molar-refractivity contribution in [3.63, 3.8) is 0 Å². The number of fused-ring (bicyclic) bond motifs is 13. The first kappa shape index (κ1) is 98.8. The van der Waals surface area contributed by atoms with Crippen LogP contribution < -0.4 is 0 Å². The molecule has 0 N–H and O–H groups in total. The van der Waals surface area contributed by atoms with Gasteiger partial charge in [0.15, 0.2) is 0 Å². The highest BCUT2D eigenvalue weighted by molar-refractivity contribution is 5.96. The zero-order chi connectivity index (χ0) is 86.1. The summed E-state index contributed by atoms with van der Waals surface area (Å²) in [5.74, 6) is 13.8. The van der Waals surface area contributed by atoms with Gasteiger partial charge in [-0.25, -0.2) is 4.79 Å². The van der Waals surface area contributed by atoms with Crippen molar-refractivity contribution in [2.45, 2.75) is 338 Å². The molecule has 15 fully saturated rings. The van der Waals surface area contributed by atoms with Crippen LogP contribution in [0.5, 0.6) is 0 Å². The van der Waals surface area contributed by atoms with Crippen LogP contribution in [-0.2, 0) is 95.3 Å². The number of ether oxygens (including phenoxy) is 10. The molecule has 0 aromatic carbocycles. The first-order valence-corrected chi connectivity index (χ1v) is 45.7. The quantitative estimate of drug-likeness (QED) is 0.0340. The summed E-state index contributed by atoms with van der Waals surface area (Å²) in [7, 11) is 1.62. The maximum Gasteiger partial charge on any atom is 0.347 e. The fourth-order valence-corrected chi connectivity index (χ4v) is 21.3. The van der Waals surface area contributed by atoms with E-state index >= 15 is 0 Å². The second kappa shape index (κ2) is 44.0. The third-order valence-electron chi connectivity index (χ3n) is 32.4. The first-order chi connectivity index (χ1) is 54.0. The van der Waals surface area contributed by atoms with Crippen LogP contribution >= 0.6 is 0 Å². The predicted octanol–water partition coefficient (Wildman–Crippen LogP) is 19.4. The van der Waals surface area contributed by atoms with E-state index in [1.165, 1.54) is 81.5 Å². The van der Waals surface area contributed by atoms with E-state index in [2.05, 4.69) is 76.5 Å². The molecule has 25 unspecified atom stereocenters. The minimum Gasteiger partial charge on any atom is -0.463 e. The van der Waals surface area contributed by atoms with E-state index in [1.807, 2.05) is 76.2 Å². The van der Waals surface area contributed by atoms with Crippen LogP contribution in [0.3, 0.4) is 0 Å². The van der Waals surface area contributed by atoms with Gasteiger partial charge in [0.1, 0.15) is 23.9 Å². The molecule has 20 nitrogen and oxygen atoms in total. The van der Waals surface area contributed by atoms with Gasteiger partial charge in [-0.3, -0.25) is 43.2 Å². The molecule has 15 aliphatic rings. The van der Waals surface area contributed by atoms with E-state index in [0.717, 1.165) is 110 Å². The standard InChI is InChI=1S/C16H26O2.C15H26O2.C14H22.C10H20O4.C10H20O2.C9H14O4.C9H16.2C6H8O3/c1-4-10(2)15(17)18-16(3)13-6-11-5-12(8-13)9-14(16)7-11;1-6-10(2)13(16)17-12-9-11-7-8-15(12,5)14(11,3)4;1-7-8(2)12-6-11(7)13-9-3-4-10(5-9)14(12)13;1-4-9(2)10(11)14-8-7-13-6-5-12-3;1-6-8(3)9(11)12-10(4,5)7-2;1-3-6(2)8(10)13-7-4-5-12-9(7)11;1-6-7(2)9-4-3-8(6)5-9;2*1-3-4(2)6(8)9-5(3)7/h10-14H,4-9H2,1-3H3;10-12H,6-9H2,1-5H3;7-14H,3-6H2,1-2H3;9H,4-8H2,1-3H3;8H,6-7H2,1-5H3;6-7H,3-5H2,1-2H3;6-9H,3-5H2,1-2H3;2*3-4H,1-2H3. The molecule has 3 saturated heterocycles.